The van der Waals surface area contributed by atoms with Crippen LogP contribution in [0.4, 0.5) is 0 Å². The van der Waals surface area contributed by atoms with Crippen molar-refractivity contribution in [1.82, 2.24) is 15.1 Å². The van der Waals surface area contributed by atoms with Crippen molar-refractivity contribution in [2.45, 2.75) is 84.8 Å². The molecule has 1 heterocycles. The average Bonchev–Trinajstić information content (AvgIpc) is 2.63. The van der Waals surface area contributed by atoms with E-state index in [2.05, 4.69) is 5.32 Å². The van der Waals surface area contributed by atoms with E-state index < -0.39 is 17.4 Å². The van der Waals surface area contributed by atoms with Gasteiger partial charge >= 0.3 is 5.97 Å². The number of amides is 2. The number of carboxylic acids is 1. The van der Waals surface area contributed by atoms with Crippen LogP contribution in [0.2, 0.25) is 0 Å². The van der Waals surface area contributed by atoms with Gasteiger partial charge in [-0.25, -0.2) is 4.79 Å². The number of likely N-dealkylation sites (N-methyl/N-ethyl adjacent to an activating group) is 2. The lowest BCUT2D eigenvalue weighted by Crippen LogP contribution is -2.59. The fraction of sp³-hybridized carbons (Fsp3) is 0.773. The Kier molecular flexibility index (Phi) is 9.33. The summed E-state index contributed by atoms with van der Waals surface area (Å²) in [6.45, 7) is 10.2. The lowest BCUT2D eigenvalue weighted by Gasteiger charge is -2.38. The van der Waals surface area contributed by atoms with Crippen LogP contribution in [-0.2, 0) is 14.4 Å². The van der Waals surface area contributed by atoms with Crippen LogP contribution in [0, 0.1) is 5.41 Å². The first-order valence-corrected chi connectivity index (χ1v) is 10.6. The van der Waals surface area contributed by atoms with Crippen molar-refractivity contribution in [3.8, 4) is 0 Å². The quantitative estimate of drug-likeness (QED) is 0.602. The molecule has 0 radical (unpaired) electrons. The summed E-state index contributed by atoms with van der Waals surface area (Å²) in [5.41, 5.74) is -0.264. The average molecular weight is 410 g/mol. The van der Waals surface area contributed by atoms with Gasteiger partial charge in [-0.2, -0.15) is 0 Å². The minimum Gasteiger partial charge on any atom is -0.478 e. The van der Waals surface area contributed by atoms with Crippen LogP contribution >= 0.6 is 0 Å². The highest BCUT2D eigenvalue weighted by molar-refractivity contribution is 5.91. The molecule has 3 atom stereocenters. The van der Waals surface area contributed by atoms with E-state index in [1.807, 2.05) is 39.6 Å². The smallest absolute Gasteiger partial charge is 0.331 e. The summed E-state index contributed by atoms with van der Waals surface area (Å²) in [5, 5.41) is 12.2. The number of nitrogens with one attached hydrogen (secondary N) is 1. The van der Waals surface area contributed by atoms with Gasteiger partial charge in [-0.05, 0) is 45.2 Å². The first kappa shape index (κ1) is 25.1. The molecule has 29 heavy (non-hydrogen) atoms. The first-order chi connectivity index (χ1) is 13.4. The Bertz CT molecular complexity index is 624. The molecule has 1 saturated heterocycles. The molecule has 7 heteroatoms. The molecule has 166 valence electrons. The lowest BCUT2D eigenvalue weighted by molar-refractivity contribution is -0.141. The van der Waals surface area contributed by atoms with Crippen molar-refractivity contribution in [3.05, 3.63) is 11.6 Å². The Labute approximate surface area is 175 Å². The van der Waals surface area contributed by atoms with Gasteiger partial charge in [0.1, 0.15) is 6.04 Å². The summed E-state index contributed by atoms with van der Waals surface area (Å²) in [4.78, 5) is 41.2. The van der Waals surface area contributed by atoms with Crippen molar-refractivity contribution in [2.75, 3.05) is 20.6 Å². The van der Waals surface area contributed by atoms with E-state index in [9.17, 15) is 19.5 Å². The van der Waals surface area contributed by atoms with E-state index in [0.29, 0.717) is 6.42 Å². The molecule has 0 aliphatic carbocycles. The van der Waals surface area contributed by atoms with E-state index in [4.69, 9.17) is 0 Å². The molecule has 0 aromatic heterocycles. The summed E-state index contributed by atoms with van der Waals surface area (Å²) < 4.78 is 0. The summed E-state index contributed by atoms with van der Waals surface area (Å²) >= 11 is 0. The van der Waals surface area contributed by atoms with Gasteiger partial charge in [0.2, 0.25) is 11.8 Å². The van der Waals surface area contributed by atoms with Crippen molar-refractivity contribution < 1.29 is 19.5 Å². The highest BCUT2D eigenvalue weighted by Crippen LogP contribution is 2.24. The maximum atomic E-state index is 13.4. The van der Waals surface area contributed by atoms with E-state index in [0.717, 1.165) is 32.2 Å². The Balaban J connectivity index is 3.06. The second-order valence-corrected chi connectivity index (χ2v) is 9.26. The monoisotopic (exact) mass is 409 g/mol. The van der Waals surface area contributed by atoms with E-state index in [1.165, 1.54) is 6.92 Å². The standard InChI is InChI=1S/C22H39N3O4/c1-8-11-16(14-15(2)21(28)29)25(7)20(27)18(22(3,4)5)23-19(26)17-12-9-10-13-24(17)6/h14,16-18H,8-13H2,1-7H3,(H,23,26)(H,28,29)/b15-14+/t16-,17?,18+/m0/s1. The van der Waals surface area contributed by atoms with Crippen molar-refractivity contribution in [1.29, 1.82) is 0 Å². The SMILES string of the molecule is CCC[C@@H](/C=C(\C)C(=O)O)N(C)C(=O)[C@@H](NC(=O)C1CCCCN1C)C(C)(C)C. The zero-order valence-corrected chi connectivity index (χ0v) is 19.1. The molecular weight excluding hydrogens is 370 g/mol. The molecule has 0 saturated carbocycles. The Hall–Kier alpha value is -1.89. The maximum absolute atomic E-state index is 13.4. The number of likely N-dealkylation sites (tertiary alicyclic amines) is 1. The van der Waals surface area contributed by atoms with Crippen LogP contribution < -0.4 is 5.32 Å². The van der Waals surface area contributed by atoms with Gasteiger partial charge in [0.15, 0.2) is 0 Å². The fourth-order valence-corrected chi connectivity index (χ4v) is 3.70. The number of hydrogen-bond donors (Lipinski definition) is 2. The minimum absolute atomic E-state index is 0.113. The normalized spacial score (nSPS) is 20.7. The summed E-state index contributed by atoms with van der Waals surface area (Å²) in [7, 11) is 3.63. The number of piperidine rings is 1. The summed E-state index contributed by atoms with van der Waals surface area (Å²) in [5.74, 6) is -1.30. The molecule has 7 nitrogen and oxygen atoms in total. The van der Waals surface area contributed by atoms with Crippen molar-refractivity contribution in [2.24, 2.45) is 5.41 Å². The molecule has 2 N–H and O–H groups in total. The van der Waals surface area contributed by atoms with E-state index >= 15 is 0 Å². The van der Waals surface area contributed by atoms with Gasteiger partial charge in [0.05, 0.1) is 12.1 Å². The zero-order valence-electron chi connectivity index (χ0n) is 19.1. The Morgan fingerprint density at radius 3 is 2.38 bits per heavy atom. The predicted molar refractivity (Wildman–Crippen MR) is 115 cm³/mol. The molecule has 0 aromatic rings. The van der Waals surface area contributed by atoms with Crippen LogP contribution in [0.3, 0.4) is 0 Å². The largest absolute Gasteiger partial charge is 0.478 e. The number of carboxylic acid groups (broad SMARTS) is 1. The molecule has 0 aromatic carbocycles. The van der Waals surface area contributed by atoms with Crippen molar-refractivity contribution in [3.63, 3.8) is 0 Å². The van der Waals surface area contributed by atoms with Gasteiger partial charge < -0.3 is 15.3 Å². The molecule has 1 aliphatic heterocycles. The Morgan fingerprint density at radius 1 is 1.28 bits per heavy atom. The third-order valence-corrected chi connectivity index (χ3v) is 5.68. The van der Waals surface area contributed by atoms with Crippen LogP contribution in [0.15, 0.2) is 11.6 Å². The van der Waals surface area contributed by atoms with Gasteiger partial charge in [-0.3, -0.25) is 14.5 Å². The number of aliphatic carboxylic acids is 1. The number of rotatable bonds is 8. The predicted octanol–water partition coefficient (Wildman–Crippen LogP) is 2.66. The number of hydrogen-bond acceptors (Lipinski definition) is 4. The van der Waals surface area contributed by atoms with E-state index in [-0.39, 0.29) is 29.5 Å². The number of carbonyl (C=O) groups excluding carboxylic acids is 2. The lowest BCUT2D eigenvalue weighted by atomic mass is 9.85. The second kappa shape index (κ2) is 10.8. The zero-order chi connectivity index (χ0) is 22.4. The summed E-state index contributed by atoms with van der Waals surface area (Å²) in [6.07, 6.45) is 5.98. The van der Waals surface area contributed by atoms with E-state index in [1.54, 1.807) is 18.0 Å². The molecule has 1 rings (SSSR count). The molecule has 0 spiro atoms. The number of nitrogens with zero attached hydrogens (tertiary/aromatic N) is 2. The number of carbonyl (C=O) groups is 3. The van der Waals surface area contributed by atoms with Gasteiger partial charge in [-0.1, -0.05) is 46.6 Å². The molecule has 1 unspecified atom stereocenters. The van der Waals surface area contributed by atoms with Gasteiger partial charge in [0.25, 0.3) is 0 Å². The topological polar surface area (TPSA) is 90.0 Å². The second-order valence-electron chi connectivity index (χ2n) is 9.26. The van der Waals surface area contributed by atoms with Gasteiger partial charge in [-0.15, -0.1) is 0 Å². The third-order valence-electron chi connectivity index (χ3n) is 5.68. The summed E-state index contributed by atoms with van der Waals surface area (Å²) in [6, 6.07) is -1.23. The van der Waals surface area contributed by atoms with Crippen LogP contribution in [-0.4, -0.2) is 71.5 Å². The molecule has 0 bridgehead atoms. The van der Waals surface area contributed by atoms with Crippen LogP contribution in [0.25, 0.3) is 0 Å². The fourth-order valence-electron chi connectivity index (χ4n) is 3.70. The molecular formula is C22H39N3O4. The molecule has 2 amide bonds. The van der Waals surface area contributed by atoms with Crippen LogP contribution in [0.5, 0.6) is 0 Å². The van der Waals surface area contributed by atoms with Crippen molar-refractivity contribution >= 4 is 17.8 Å². The third kappa shape index (κ3) is 7.14. The minimum atomic E-state index is -0.993. The van der Waals surface area contributed by atoms with Crippen LogP contribution in [0.1, 0.15) is 66.7 Å². The maximum Gasteiger partial charge on any atom is 0.331 e. The molecule has 1 fully saturated rings. The first-order valence-electron chi connectivity index (χ1n) is 10.6. The Morgan fingerprint density at radius 2 is 1.90 bits per heavy atom. The highest BCUT2D eigenvalue weighted by Gasteiger charge is 2.38. The highest BCUT2D eigenvalue weighted by atomic mass is 16.4. The molecule has 1 aliphatic rings. The van der Waals surface area contributed by atoms with Gasteiger partial charge in [0, 0.05) is 12.6 Å².